The van der Waals surface area contributed by atoms with Crippen molar-refractivity contribution in [1.82, 2.24) is 4.90 Å². The molecule has 3 rings (SSSR count). The minimum atomic E-state index is 0.427. The molecule has 0 atom stereocenters. The van der Waals surface area contributed by atoms with Crippen molar-refractivity contribution in [3.8, 4) is 5.75 Å². The zero-order valence-electron chi connectivity index (χ0n) is 12.3. The number of benzene rings is 2. The molecule has 1 heterocycles. The van der Waals surface area contributed by atoms with Crippen LogP contribution in [-0.2, 0) is 19.5 Å². The van der Waals surface area contributed by atoms with Crippen LogP contribution in [-0.4, -0.2) is 16.6 Å². The summed E-state index contributed by atoms with van der Waals surface area (Å²) in [5.74, 6) is 0.427. The first kappa shape index (κ1) is 14.6. The molecule has 2 aromatic rings. The SMILES string of the molecule is Cc1cc(Br)cc(CN2CCCc3ccccc3C2)c1O. The Morgan fingerprint density at radius 3 is 2.76 bits per heavy atom. The normalized spacial score (nSPS) is 15.5. The maximum atomic E-state index is 10.3. The van der Waals surface area contributed by atoms with E-state index in [1.54, 1.807) is 0 Å². The lowest BCUT2D eigenvalue weighted by Crippen LogP contribution is -2.22. The summed E-state index contributed by atoms with van der Waals surface area (Å²) < 4.78 is 1.03. The highest BCUT2D eigenvalue weighted by Gasteiger charge is 2.16. The fourth-order valence-corrected chi connectivity index (χ4v) is 3.69. The van der Waals surface area contributed by atoms with Gasteiger partial charge in [0.05, 0.1) is 0 Å². The topological polar surface area (TPSA) is 23.5 Å². The average molecular weight is 346 g/mol. The van der Waals surface area contributed by atoms with Gasteiger partial charge >= 0.3 is 0 Å². The Hall–Kier alpha value is -1.32. The van der Waals surface area contributed by atoms with Gasteiger partial charge in [0.15, 0.2) is 0 Å². The van der Waals surface area contributed by atoms with Crippen molar-refractivity contribution in [2.75, 3.05) is 6.54 Å². The van der Waals surface area contributed by atoms with Crippen molar-refractivity contribution in [3.05, 3.63) is 63.1 Å². The molecule has 2 aromatic carbocycles. The molecule has 0 bridgehead atoms. The van der Waals surface area contributed by atoms with Gasteiger partial charge in [0.25, 0.3) is 0 Å². The largest absolute Gasteiger partial charge is 0.507 e. The number of halogens is 1. The second-order valence-electron chi connectivity index (χ2n) is 5.81. The highest BCUT2D eigenvalue weighted by atomic mass is 79.9. The van der Waals surface area contributed by atoms with Gasteiger partial charge in [0, 0.05) is 23.1 Å². The first-order chi connectivity index (χ1) is 10.1. The summed E-state index contributed by atoms with van der Waals surface area (Å²) >= 11 is 3.52. The Morgan fingerprint density at radius 2 is 1.95 bits per heavy atom. The van der Waals surface area contributed by atoms with Crippen LogP contribution in [0.5, 0.6) is 5.75 Å². The van der Waals surface area contributed by atoms with E-state index in [9.17, 15) is 5.11 Å². The second kappa shape index (κ2) is 6.20. The highest BCUT2D eigenvalue weighted by molar-refractivity contribution is 9.10. The maximum absolute atomic E-state index is 10.3. The van der Waals surface area contributed by atoms with Gasteiger partial charge in [-0.25, -0.2) is 0 Å². The van der Waals surface area contributed by atoms with Crippen LogP contribution in [0.1, 0.15) is 28.7 Å². The van der Waals surface area contributed by atoms with Gasteiger partial charge in [0.1, 0.15) is 5.75 Å². The monoisotopic (exact) mass is 345 g/mol. The van der Waals surface area contributed by atoms with Crippen molar-refractivity contribution in [2.45, 2.75) is 32.9 Å². The molecule has 1 N–H and O–H groups in total. The van der Waals surface area contributed by atoms with Gasteiger partial charge in [0.2, 0.25) is 0 Å². The van der Waals surface area contributed by atoms with E-state index in [0.29, 0.717) is 5.75 Å². The third-order valence-corrected chi connectivity index (χ3v) is 4.63. The van der Waals surface area contributed by atoms with Gasteiger partial charge < -0.3 is 5.11 Å². The molecular formula is C18H20BrNO. The number of hydrogen-bond acceptors (Lipinski definition) is 2. The molecule has 2 nitrogen and oxygen atoms in total. The molecule has 0 aromatic heterocycles. The van der Waals surface area contributed by atoms with Crippen molar-refractivity contribution < 1.29 is 5.11 Å². The van der Waals surface area contributed by atoms with Gasteiger partial charge in [-0.3, -0.25) is 4.90 Å². The van der Waals surface area contributed by atoms with Crippen LogP contribution in [0.4, 0.5) is 0 Å². The zero-order chi connectivity index (χ0) is 14.8. The van der Waals surface area contributed by atoms with Gasteiger partial charge in [-0.2, -0.15) is 0 Å². The number of aryl methyl sites for hydroxylation is 2. The van der Waals surface area contributed by atoms with E-state index in [4.69, 9.17) is 0 Å². The zero-order valence-corrected chi connectivity index (χ0v) is 13.9. The van der Waals surface area contributed by atoms with Crippen LogP contribution in [0.15, 0.2) is 40.9 Å². The summed E-state index contributed by atoms with van der Waals surface area (Å²) in [5, 5.41) is 10.3. The molecule has 0 aliphatic carbocycles. The quantitative estimate of drug-likeness (QED) is 0.871. The van der Waals surface area contributed by atoms with Crippen molar-refractivity contribution in [1.29, 1.82) is 0 Å². The molecule has 0 amide bonds. The Balaban J connectivity index is 1.83. The Morgan fingerprint density at radius 1 is 1.19 bits per heavy atom. The molecule has 0 unspecified atom stereocenters. The smallest absolute Gasteiger partial charge is 0.123 e. The summed E-state index contributed by atoms with van der Waals surface area (Å²) in [4.78, 5) is 2.42. The molecule has 0 radical (unpaired) electrons. The van der Waals surface area contributed by atoms with Crippen LogP contribution in [0.2, 0.25) is 0 Å². The molecular weight excluding hydrogens is 326 g/mol. The molecule has 0 saturated heterocycles. The number of phenols is 1. The molecule has 3 heteroatoms. The minimum Gasteiger partial charge on any atom is -0.507 e. The number of fused-ring (bicyclic) bond motifs is 1. The predicted octanol–water partition coefficient (Wildman–Crippen LogP) is 4.41. The number of nitrogens with zero attached hydrogens (tertiary/aromatic N) is 1. The second-order valence-corrected chi connectivity index (χ2v) is 6.73. The average Bonchev–Trinajstić information content (AvgIpc) is 2.66. The number of phenolic OH excluding ortho intramolecular Hbond substituents is 1. The Bertz CT molecular complexity index is 654. The Kier molecular flexibility index (Phi) is 4.32. The van der Waals surface area contributed by atoms with Crippen LogP contribution in [0.25, 0.3) is 0 Å². The summed E-state index contributed by atoms with van der Waals surface area (Å²) in [6.45, 7) is 4.77. The summed E-state index contributed by atoms with van der Waals surface area (Å²) in [6.07, 6.45) is 2.32. The van der Waals surface area contributed by atoms with E-state index in [-0.39, 0.29) is 0 Å². The fraction of sp³-hybridized carbons (Fsp3) is 0.333. The molecule has 110 valence electrons. The lowest BCUT2D eigenvalue weighted by Gasteiger charge is -2.21. The van der Waals surface area contributed by atoms with E-state index in [0.717, 1.165) is 41.7 Å². The summed E-state index contributed by atoms with van der Waals surface area (Å²) in [5.41, 5.74) is 4.81. The minimum absolute atomic E-state index is 0.427. The molecule has 0 saturated carbocycles. The first-order valence-corrected chi connectivity index (χ1v) is 8.20. The predicted molar refractivity (Wildman–Crippen MR) is 89.4 cm³/mol. The lowest BCUT2D eigenvalue weighted by molar-refractivity contribution is 0.257. The van der Waals surface area contributed by atoms with E-state index < -0.39 is 0 Å². The molecule has 0 fully saturated rings. The Labute approximate surface area is 134 Å². The van der Waals surface area contributed by atoms with Gasteiger partial charge in [-0.15, -0.1) is 0 Å². The number of aromatic hydroxyl groups is 1. The third-order valence-electron chi connectivity index (χ3n) is 4.17. The van der Waals surface area contributed by atoms with Crippen LogP contribution in [0, 0.1) is 6.92 Å². The van der Waals surface area contributed by atoms with Crippen molar-refractivity contribution in [3.63, 3.8) is 0 Å². The molecule has 21 heavy (non-hydrogen) atoms. The summed E-state index contributed by atoms with van der Waals surface area (Å²) in [6, 6.07) is 12.7. The molecule has 1 aliphatic heterocycles. The van der Waals surface area contributed by atoms with Crippen molar-refractivity contribution in [2.24, 2.45) is 0 Å². The lowest BCUT2D eigenvalue weighted by atomic mass is 10.0. The van der Waals surface area contributed by atoms with E-state index in [1.165, 1.54) is 17.5 Å². The molecule has 1 aliphatic rings. The summed E-state index contributed by atoms with van der Waals surface area (Å²) in [7, 11) is 0. The van der Waals surface area contributed by atoms with Crippen LogP contribution >= 0.6 is 15.9 Å². The standard InChI is InChI=1S/C18H20BrNO/c1-13-9-17(19)10-16(18(13)21)12-20-8-4-7-14-5-2-3-6-15(14)11-20/h2-3,5-6,9-10,21H,4,7-8,11-12H2,1H3. The number of rotatable bonds is 2. The number of hydrogen-bond donors (Lipinski definition) is 1. The van der Waals surface area contributed by atoms with Gasteiger partial charge in [-0.1, -0.05) is 40.2 Å². The van der Waals surface area contributed by atoms with E-state index >= 15 is 0 Å². The van der Waals surface area contributed by atoms with E-state index in [1.807, 2.05) is 19.1 Å². The fourth-order valence-electron chi connectivity index (χ4n) is 3.07. The first-order valence-electron chi connectivity index (χ1n) is 7.40. The van der Waals surface area contributed by atoms with Crippen LogP contribution < -0.4 is 0 Å². The van der Waals surface area contributed by atoms with Crippen molar-refractivity contribution >= 4 is 15.9 Å². The molecule has 0 spiro atoms. The van der Waals surface area contributed by atoms with Gasteiger partial charge in [-0.05, 0) is 55.1 Å². The maximum Gasteiger partial charge on any atom is 0.123 e. The highest BCUT2D eigenvalue weighted by Crippen LogP contribution is 2.29. The van der Waals surface area contributed by atoms with E-state index in [2.05, 4.69) is 45.1 Å². The third kappa shape index (κ3) is 3.30. The van der Waals surface area contributed by atoms with Crippen LogP contribution in [0.3, 0.4) is 0 Å².